The molecule has 0 bridgehead atoms. The Kier molecular flexibility index (Phi) is 1.81. The number of rotatable bonds is 3. The van der Waals surface area contributed by atoms with Crippen LogP contribution in [0, 0.1) is 0 Å². The smallest absolute Gasteiger partial charge is 0.368 e. The van der Waals surface area contributed by atoms with Crippen molar-refractivity contribution in [2.24, 2.45) is 0 Å². The van der Waals surface area contributed by atoms with Crippen molar-refractivity contribution in [2.45, 2.75) is 25.6 Å². The minimum atomic E-state index is -2.14. The van der Waals surface area contributed by atoms with E-state index in [9.17, 15) is 9.59 Å². The Hall–Kier alpha value is -1.14. The van der Waals surface area contributed by atoms with Crippen LogP contribution in [0.2, 0.25) is 0 Å². The second-order valence-corrected chi connectivity index (χ2v) is 2.77. The third-order valence-corrected chi connectivity index (χ3v) is 1.56. The standard InChI is InChI=1S/C6H9NO5/c1-3(2)7-6(12-7,4(8)9)5(10)11/h3H,1-2H3,(H,8,9)(H,10,11). The summed E-state index contributed by atoms with van der Waals surface area (Å²) in [6, 6.07) is -0.266. The molecule has 0 aliphatic carbocycles. The first-order valence-electron chi connectivity index (χ1n) is 3.38. The molecule has 1 unspecified atom stereocenters. The summed E-state index contributed by atoms with van der Waals surface area (Å²) in [7, 11) is 0. The van der Waals surface area contributed by atoms with Gasteiger partial charge in [-0.3, -0.25) is 0 Å². The summed E-state index contributed by atoms with van der Waals surface area (Å²) in [5, 5.41) is 18.0. The Labute approximate surface area is 68.3 Å². The predicted molar refractivity (Wildman–Crippen MR) is 36.1 cm³/mol. The molecule has 1 aliphatic rings. The second kappa shape index (κ2) is 2.43. The number of carboxylic acids is 2. The van der Waals surface area contributed by atoms with Gasteiger partial charge in [0.05, 0.1) is 0 Å². The van der Waals surface area contributed by atoms with Crippen molar-refractivity contribution < 1.29 is 24.6 Å². The van der Waals surface area contributed by atoms with Crippen molar-refractivity contribution in [1.82, 2.24) is 5.06 Å². The number of hydroxylamine groups is 2. The van der Waals surface area contributed by atoms with Crippen LogP contribution in [0.25, 0.3) is 0 Å². The van der Waals surface area contributed by atoms with E-state index in [-0.39, 0.29) is 6.04 Å². The van der Waals surface area contributed by atoms with Crippen LogP contribution in [0.5, 0.6) is 0 Å². The second-order valence-electron chi connectivity index (χ2n) is 2.77. The van der Waals surface area contributed by atoms with Gasteiger partial charge in [0, 0.05) is 6.04 Å². The van der Waals surface area contributed by atoms with Gasteiger partial charge in [-0.2, -0.15) is 0 Å². The lowest BCUT2D eigenvalue weighted by molar-refractivity contribution is -0.157. The highest BCUT2D eigenvalue weighted by Crippen LogP contribution is 2.37. The van der Waals surface area contributed by atoms with E-state index < -0.39 is 17.7 Å². The maximum atomic E-state index is 10.5. The monoisotopic (exact) mass is 175 g/mol. The fourth-order valence-corrected chi connectivity index (χ4v) is 0.949. The van der Waals surface area contributed by atoms with Crippen molar-refractivity contribution >= 4 is 11.9 Å². The van der Waals surface area contributed by atoms with Crippen LogP contribution >= 0.6 is 0 Å². The number of carbonyl (C=O) groups is 2. The van der Waals surface area contributed by atoms with E-state index in [1.165, 1.54) is 0 Å². The largest absolute Gasteiger partial charge is 0.477 e. The molecule has 6 heteroatoms. The van der Waals surface area contributed by atoms with Crippen molar-refractivity contribution in [2.75, 3.05) is 0 Å². The molecule has 2 N–H and O–H groups in total. The first-order valence-corrected chi connectivity index (χ1v) is 3.38. The van der Waals surface area contributed by atoms with Gasteiger partial charge in [0.1, 0.15) is 0 Å². The Balaban J connectivity index is 2.83. The number of hydrogen-bond donors (Lipinski definition) is 2. The predicted octanol–water partition coefficient (Wildman–Crippen LogP) is -0.492. The lowest BCUT2D eigenvalue weighted by Gasteiger charge is -2.03. The van der Waals surface area contributed by atoms with Gasteiger partial charge in [-0.1, -0.05) is 0 Å². The van der Waals surface area contributed by atoms with E-state index in [0.29, 0.717) is 0 Å². The summed E-state index contributed by atoms with van der Waals surface area (Å²) >= 11 is 0. The van der Waals surface area contributed by atoms with Crippen LogP contribution < -0.4 is 0 Å². The van der Waals surface area contributed by atoms with Gasteiger partial charge < -0.3 is 10.2 Å². The Morgan fingerprint density at radius 2 is 1.75 bits per heavy atom. The SMILES string of the molecule is CC(C)N1OC1(C(=O)O)C(=O)O. The van der Waals surface area contributed by atoms with Crippen molar-refractivity contribution in [3.63, 3.8) is 0 Å². The van der Waals surface area contributed by atoms with Crippen LogP contribution in [0.1, 0.15) is 13.8 Å². The van der Waals surface area contributed by atoms with Gasteiger partial charge in [0.2, 0.25) is 0 Å². The van der Waals surface area contributed by atoms with Crippen molar-refractivity contribution in [3.8, 4) is 0 Å². The summed E-state index contributed by atoms with van der Waals surface area (Å²) in [5.41, 5.74) is -2.14. The summed E-state index contributed by atoms with van der Waals surface area (Å²) in [4.78, 5) is 25.5. The molecule has 1 saturated heterocycles. The fourth-order valence-electron chi connectivity index (χ4n) is 0.949. The van der Waals surface area contributed by atoms with Gasteiger partial charge in [-0.25, -0.2) is 14.4 Å². The zero-order valence-electron chi connectivity index (χ0n) is 6.64. The zero-order valence-corrected chi connectivity index (χ0v) is 6.64. The van der Waals surface area contributed by atoms with Gasteiger partial charge in [-0.15, -0.1) is 5.06 Å². The summed E-state index contributed by atoms with van der Waals surface area (Å²) in [5.74, 6) is -2.99. The van der Waals surface area contributed by atoms with Crippen LogP contribution in [-0.2, 0) is 14.4 Å². The molecular formula is C6H9NO5. The number of aliphatic carboxylic acids is 2. The topological polar surface area (TPSA) is 90.1 Å². The molecule has 1 fully saturated rings. The summed E-state index contributed by atoms with van der Waals surface area (Å²) < 4.78 is 0. The molecule has 0 aromatic carbocycles. The van der Waals surface area contributed by atoms with Crippen LogP contribution in [-0.4, -0.2) is 39.0 Å². The molecule has 0 radical (unpaired) electrons. The minimum Gasteiger partial charge on any atom is -0.477 e. The van der Waals surface area contributed by atoms with Crippen LogP contribution in [0.4, 0.5) is 0 Å². The zero-order chi connectivity index (χ0) is 9.52. The van der Waals surface area contributed by atoms with Gasteiger partial charge in [0.25, 0.3) is 0 Å². The van der Waals surface area contributed by atoms with Crippen LogP contribution in [0.15, 0.2) is 0 Å². The Morgan fingerprint density at radius 3 is 1.83 bits per heavy atom. The first-order chi connectivity index (χ1) is 5.43. The van der Waals surface area contributed by atoms with Crippen molar-refractivity contribution in [3.05, 3.63) is 0 Å². The normalized spacial score (nSPS) is 25.4. The molecule has 0 amide bonds. The average Bonchev–Trinajstić information content (AvgIpc) is 2.60. The van der Waals surface area contributed by atoms with E-state index >= 15 is 0 Å². The van der Waals surface area contributed by atoms with E-state index in [4.69, 9.17) is 10.2 Å². The number of hydrogen-bond acceptors (Lipinski definition) is 4. The minimum absolute atomic E-state index is 0.266. The Morgan fingerprint density at radius 1 is 1.33 bits per heavy atom. The molecule has 0 aromatic heterocycles. The lowest BCUT2D eigenvalue weighted by atomic mass is 10.2. The molecule has 1 rings (SSSR count). The lowest BCUT2D eigenvalue weighted by Crippen LogP contribution is -2.39. The summed E-state index contributed by atoms with van der Waals surface area (Å²) in [6.45, 7) is 3.29. The molecule has 0 aromatic rings. The van der Waals surface area contributed by atoms with E-state index in [2.05, 4.69) is 4.84 Å². The highest BCUT2D eigenvalue weighted by Gasteiger charge is 2.70. The van der Waals surface area contributed by atoms with Gasteiger partial charge in [0.15, 0.2) is 0 Å². The molecule has 1 aliphatic heterocycles. The molecule has 68 valence electrons. The van der Waals surface area contributed by atoms with E-state index in [0.717, 1.165) is 5.06 Å². The molecule has 12 heavy (non-hydrogen) atoms. The van der Waals surface area contributed by atoms with Crippen molar-refractivity contribution in [1.29, 1.82) is 0 Å². The van der Waals surface area contributed by atoms with E-state index in [1.807, 2.05) is 0 Å². The maximum Gasteiger partial charge on any atom is 0.368 e. The molecule has 1 heterocycles. The molecule has 6 nitrogen and oxygen atoms in total. The van der Waals surface area contributed by atoms with E-state index in [1.54, 1.807) is 13.8 Å². The molecule has 1 atom stereocenters. The highest BCUT2D eigenvalue weighted by molar-refractivity contribution is 6.03. The van der Waals surface area contributed by atoms with Gasteiger partial charge in [-0.05, 0) is 13.8 Å². The molecule has 0 spiro atoms. The third-order valence-electron chi connectivity index (χ3n) is 1.56. The average molecular weight is 175 g/mol. The molecular weight excluding hydrogens is 166 g/mol. The molecule has 0 saturated carbocycles. The maximum absolute atomic E-state index is 10.5. The number of nitrogens with zero attached hydrogens (tertiary/aromatic N) is 1. The quantitative estimate of drug-likeness (QED) is 0.444. The highest BCUT2D eigenvalue weighted by atomic mass is 16.9. The number of carboxylic acid groups (broad SMARTS) is 2. The fraction of sp³-hybridized carbons (Fsp3) is 0.667. The van der Waals surface area contributed by atoms with Crippen LogP contribution in [0.3, 0.4) is 0 Å². The van der Waals surface area contributed by atoms with Gasteiger partial charge >= 0.3 is 17.7 Å². The first kappa shape index (κ1) is 8.95. The Bertz CT molecular complexity index is 222. The third kappa shape index (κ3) is 0.961. The summed E-state index contributed by atoms with van der Waals surface area (Å²) in [6.07, 6.45) is 0.